The van der Waals surface area contributed by atoms with Crippen LogP contribution in [-0.2, 0) is 0 Å². The molecule has 1 saturated heterocycles. The zero-order valence-corrected chi connectivity index (χ0v) is 12.5. The molecule has 108 valence electrons. The molecule has 0 spiro atoms. The Kier molecular flexibility index (Phi) is 6.63. The van der Waals surface area contributed by atoms with E-state index in [1.165, 1.54) is 12.8 Å². The van der Waals surface area contributed by atoms with Crippen molar-refractivity contribution in [1.82, 2.24) is 4.90 Å². The highest BCUT2D eigenvalue weighted by Crippen LogP contribution is 2.22. The smallest absolute Gasteiger partial charge is 0.125 e. The van der Waals surface area contributed by atoms with Crippen LogP contribution in [0.15, 0.2) is 18.2 Å². The topological polar surface area (TPSA) is 32.7 Å². The van der Waals surface area contributed by atoms with E-state index < -0.39 is 6.10 Å². The molecule has 1 aliphatic rings. The zero-order valence-electron chi connectivity index (χ0n) is 11.7. The third-order valence-corrected chi connectivity index (χ3v) is 3.50. The molecule has 1 aromatic rings. The molecular weight excluding hydrogens is 262 g/mol. The Balaban J connectivity index is 0.00000180. The highest BCUT2D eigenvalue weighted by molar-refractivity contribution is 5.39. The molecule has 1 N–H and O–H groups in total. The maximum atomic E-state index is 9.99. The Bertz CT molecular complexity index is 371. The van der Waals surface area contributed by atoms with Gasteiger partial charge in [0, 0.05) is 6.54 Å². The molecular formula is C15H23ClNO2-. The molecule has 0 amide bonds. The van der Waals surface area contributed by atoms with Gasteiger partial charge in [0.25, 0.3) is 0 Å². The van der Waals surface area contributed by atoms with Crippen LogP contribution in [0.5, 0.6) is 5.75 Å². The van der Waals surface area contributed by atoms with E-state index in [4.69, 9.17) is 4.74 Å². The summed E-state index contributed by atoms with van der Waals surface area (Å²) in [5, 5.41) is 9.99. The van der Waals surface area contributed by atoms with E-state index in [2.05, 4.69) is 4.90 Å². The highest BCUT2D eigenvalue weighted by atomic mass is 35.5. The Morgan fingerprint density at radius 2 is 1.79 bits per heavy atom. The number of aryl methyl sites for hydroxylation is 2. The first-order valence-electron chi connectivity index (χ1n) is 6.76. The summed E-state index contributed by atoms with van der Waals surface area (Å²) >= 11 is 0. The Hall–Kier alpha value is -0.770. The Morgan fingerprint density at radius 1 is 1.21 bits per heavy atom. The minimum atomic E-state index is -0.401. The molecule has 0 bridgehead atoms. The molecule has 19 heavy (non-hydrogen) atoms. The van der Waals surface area contributed by atoms with Gasteiger partial charge < -0.3 is 27.2 Å². The van der Waals surface area contributed by atoms with E-state index >= 15 is 0 Å². The second kappa shape index (κ2) is 7.73. The minimum absolute atomic E-state index is 0. The van der Waals surface area contributed by atoms with Gasteiger partial charge >= 0.3 is 0 Å². The number of ether oxygens (including phenoxy) is 1. The third kappa shape index (κ3) is 4.68. The lowest BCUT2D eigenvalue weighted by molar-refractivity contribution is -0.00000614. The summed E-state index contributed by atoms with van der Waals surface area (Å²) in [7, 11) is 0. The van der Waals surface area contributed by atoms with Gasteiger partial charge in [0.05, 0.1) is 0 Å². The van der Waals surface area contributed by atoms with Crippen LogP contribution in [0.25, 0.3) is 0 Å². The molecule has 0 aliphatic carbocycles. The fraction of sp³-hybridized carbons (Fsp3) is 0.600. The van der Waals surface area contributed by atoms with Crippen molar-refractivity contribution in [2.24, 2.45) is 0 Å². The minimum Gasteiger partial charge on any atom is -1.00 e. The van der Waals surface area contributed by atoms with Crippen molar-refractivity contribution in [3.05, 3.63) is 29.3 Å². The van der Waals surface area contributed by atoms with Gasteiger partial charge in [-0.1, -0.05) is 18.2 Å². The first-order valence-corrected chi connectivity index (χ1v) is 6.76. The summed E-state index contributed by atoms with van der Waals surface area (Å²) in [5.41, 5.74) is 2.26. The number of para-hydroxylation sites is 1. The summed E-state index contributed by atoms with van der Waals surface area (Å²) in [5.74, 6) is 0.915. The fourth-order valence-electron chi connectivity index (χ4n) is 2.52. The van der Waals surface area contributed by atoms with Crippen LogP contribution in [0, 0.1) is 13.8 Å². The van der Waals surface area contributed by atoms with E-state index in [0.717, 1.165) is 36.5 Å². The maximum absolute atomic E-state index is 9.99. The van der Waals surface area contributed by atoms with Gasteiger partial charge in [-0.05, 0) is 50.9 Å². The lowest BCUT2D eigenvalue weighted by atomic mass is 10.1. The lowest BCUT2D eigenvalue weighted by Gasteiger charge is -2.20. The second-order valence-corrected chi connectivity index (χ2v) is 5.19. The van der Waals surface area contributed by atoms with Crippen molar-refractivity contribution in [3.63, 3.8) is 0 Å². The molecule has 1 fully saturated rings. The summed E-state index contributed by atoms with van der Waals surface area (Å²) in [6, 6.07) is 6.10. The van der Waals surface area contributed by atoms with Crippen LogP contribution < -0.4 is 17.1 Å². The quantitative estimate of drug-likeness (QED) is 0.764. The standard InChI is InChI=1S/C15H23NO2.ClH/c1-12-6-5-7-13(2)15(12)18-11-14(17)10-16-8-3-4-9-16;/h5-7,14,17H,3-4,8-11H2,1-2H3;1H/p-1. The third-order valence-electron chi connectivity index (χ3n) is 3.50. The first kappa shape index (κ1) is 16.3. The van der Waals surface area contributed by atoms with Crippen molar-refractivity contribution in [1.29, 1.82) is 0 Å². The number of aliphatic hydroxyl groups is 1. The highest BCUT2D eigenvalue weighted by Gasteiger charge is 2.16. The van der Waals surface area contributed by atoms with Gasteiger partial charge in [-0.15, -0.1) is 0 Å². The Labute approximate surface area is 122 Å². The monoisotopic (exact) mass is 284 g/mol. The normalized spacial score (nSPS) is 17.0. The number of hydrogen-bond acceptors (Lipinski definition) is 3. The number of aliphatic hydroxyl groups excluding tert-OH is 1. The SMILES string of the molecule is Cc1cccc(C)c1OCC(O)CN1CCCC1.[Cl-]. The van der Waals surface area contributed by atoms with Crippen LogP contribution in [0.2, 0.25) is 0 Å². The molecule has 1 heterocycles. The first-order chi connectivity index (χ1) is 8.66. The number of halogens is 1. The van der Waals surface area contributed by atoms with Crippen molar-refractivity contribution >= 4 is 0 Å². The molecule has 1 atom stereocenters. The van der Waals surface area contributed by atoms with Crippen molar-refractivity contribution < 1.29 is 22.3 Å². The molecule has 0 saturated carbocycles. The van der Waals surface area contributed by atoms with Gasteiger partial charge in [-0.3, -0.25) is 0 Å². The van der Waals surface area contributed by atoms with Crippen LogP contribution >= 0.6 is 0 Å². The van der Waals surface area contributed by atoms with Crippen molar-refractivity contribution in [2.45, 2.75) is 32.8 Å². The number of likely N-dealkylation sites (tertiary alicyclic amines) is 1. The average Bonchev–Trinajstić information content (AvgIpc) is 2.81. The van der Waals surface area contributed by atoms with E-state index in [0.29, 0.717) is 6.61 Å². The lowest BCUT2D eigenvalue weighted by Crippen LogP contribution is -3.00. The summed E-state index contributed by atoms with van der Waals surface area (Å²) in [6.07, 6.45) is 2.11. The van der Waals surface area contributed by atoms with Crippen LogP contribution in [0.4, 0.5) is 0 Å². The molecule has 0 aromatic heterocycles. The van der Waals surface area contributed by atoms with Gasteiger partial charge in [0.15, 0.2) is 0 Å². The zero-order chi connectivity index (χ0) is 13.0. The van der Waals surface area contributed by atoms with Gasteiger partial charge in [0.1, 0.15) is 18.5 Å². The molecule has 2 rings (SSSR count). The number of nitrogens with zero attached hydrogens (tertiary/aromatic N) is 1. The van der Waals surface area contributed by atoms with Crippen LogP contribution in [-0.4, -0.2) is 42.4 Å². The predicted octanol–water partition coefficient (Wildman–Crippen LogP) is -0.857. The van der Waals surface area contributed by atoms with Gasteiger partial charge in [0.2, 0.25) is 0 Å². The van der Waals surface area contributed by atoms with E-state index in [9.17, 15) is 5.11 Å². The van der Waals surface area contributed by atoms with Crippen LogP contribution in [0.1, 0.15) is 24.0 Å². The van der Waals surface area contributed by atoms with Crippen LogP contribution in [0.3, 0.4) is 0 Å². The summed E-state index contributed by atoms with van der Waals surface area (Å²) in [4.78, 5) is 2.30. The average molecular weight is 285 g/mol. The van der Waals surface area contributed by atoms with Crippen molar-refractivity contribution in [3.8, 4) is 5.75 Å². The maximum Gasteiger partial charge on any atom is 0.125 e. The molecule has 1 aromatic carbocycles. The number of benzene rings is 1. The van der Waals surface area contributed by atoms with Gasteiger partial charge in [-0.2, -0.15) is 0 Å². The van der Waals surface area contributed by atoms with Gasteiger partial charge in [-0.25, -0.2) is 0 Å². The van der Waals surface area contributed by atoms with E-state index in [-0.39, 0.29) is 12.4 Å². The number of hydrogen-bond donors (Lipinski definition) is 1. The summed E-state index contributed by atoms with van der Waals surface area (Å²) in [6.45, 7) is 7.40. The number of rotatable bonds is 5. The van der Waals surface area contributed by atoms with Crippen molar-refractivity contribution in [2.75, 3.05) is 26.2 Å². The van der Waals surface area contributed by atoms with E-state index in [1.54, 1.807) is 0 Å². The van der Waals surface area contributed by atoms with E-state index in [1.807, 2.05) is 32.0 Å². The second-order valence-electron chi connectivity index (χ2n) is 5.19. The largest absolute Gasteiger partial charge is 1.00 e. The molecule has 4 heteroatoms. The number of β-amino-alcohol motifs (C(OH)–C–C–N with tert-alkyl or cyclic N) is 1. The predicted molar refractivity (Wildman–Crippen MR) is 73.1 cm³/mol. The molecule has 0 radical (unpaired) electrons. The molecule has 1 aliphatic heterocycles. The molecule has 3 nitrogen and oxygen atoms in total. The molecule has 1 unspecified atom stereocenters. The fourth-order valence-corrected chi connectivity index (χ4v) is 2.52. The summed E-state index contributed by atoms with van der Waals surface area (Å²) < 4.78 is 5.76. The Morgan fingerprint density at radius 3 is 2.37 bits per heavy atom.